The van der Waals surface area contributed by atoms with Gasteiger partial charge in [-0.1, -0.05) is 25.1 Å². The summed E-state index contributed by atoms with van der Waals surface area (Å²) in [6, 6.07) is 12.1. The Morgan fingerprint density at radius 3 is 2.48 bits per heavy atom. The van der Waals surface area contributed by atoms with Crippen LogP contribution in [0.1, 0.15) is 30.0 Å². The Kier molecular flexibility index (Phi) is 5.27. The number of anilines is 3. The number of nitrogen functional groups attached to an aromatic ring is 1. The van der Waals surface area contributed by atoms with Gasteiger partial charge in [-0.05, 0) is 61.6 Å². The molecule has 122 valence electrons. The molecule has 0 spiro atoms. The lowest BCUT2D eigenvalue weighted by Gasteiger charge is -2.13. The number of nitrogens with two attached hydrogens (primary N) is 1. The molecule has 0 aromatic heterocycles. The molecule has 0 amide bonds. The van der Waals surface area contributed by atoms with Gasteiger partial charge >= 0.3 is 5.97 Å². The van der Waals surface area contributed by atoms with Crippen molar-refractivity contribution in [1.82, 2.24) is 0 Å². The van der Waals surface area contributed by atoms with Crippen LogP contribution in [0, 0.1) is 19.8 Å². The summed E-state index contributed by atoms with van der Waals surface area (Å²) in [4.78, 5) is 10.8. The summed E-state index contributed by atoms with van der Waals surface area (Å²) in [6.07, 6.45) is 1.41. The van der Waals surface area contributed by atoms with Gasteiger partial charge in [0.15, 0.2) is 0 Å². The van der Waals surface area contributed by atoms with Gasteiger partial charge in [0.25, 0.3) is 0 Å². The Labute approximate surface area is 137 Å². The summed E-state index contributed by atoms with van der Waals surface area (Å²) >= 11 is 0. The normalized spacial score (nSPS) is 12.0. The fraction of sp³-hybridized carbons (Fsp3) is 0.316. The van der Waals surface area contributed by atoms with Crippen molar-refractivity contribution < 1.29 is 9.90 Å². The fourth-order valence-corrected chi connectivity index (χ4v) is 2.50. The molecule has 1 unspecified atom stereocenters. The topological polar surface area (TPSA) is 75.3 Å². The zero-order valence-corrected chi connectivity index (χ0v) is 13.9. The van der Waals surface area contributed by atoms with Crippen LogP contribution in [0.5, 0.6) is 0 Å². The van der Waals surface area contributed by atoms with Gasteiger partial charge in [0.2, 0.25) is 0 Å². The van der Waals surface area contributed by atoms with Crippen molar-refractivity contribution in [2.75, 3.05) is 11.1 Å². The largest absolute Gasteiger partial charge is 0.481 e. The number of carboxylic acid groups (broad SMARTS) is 1. The van der Waals surface area contributed by atoms with Crippen molar-refractivity contribution in [2.45, 2.75) is 33.6 Å². The molecule has 0 aliphatic heterocycles. The van der Waals surface area contributed by atoms with E-state index < -0.39 is 5.97 Å². The van der Waals surface area contributed by atoms with Crippen molar-refractivity contribution in [1.29, 1.82) is 0 Å². The molecule has 1 atom stereocenters. The van der Waals surface area contributed by atoms with Crippen molar-refractivity contribution in [3.63, 3.8) is 0 Å². The minimum Gasteiger partial charge on any atom is -0.481 e. The molecule has 0 bridgehead atoms. The predicted molar refractivity (Wildman–Crippen MR) is 95.2 cm³/mol. The highest BCUT2D eigenvalue weighted by Crippen LogP contribution is 2.27. The van der Waals surface area contributed by atoms with E-state index in [0.717, 1.165) is 34.6 Å². The van der Waals surface area contributed by atoms with E-state index in [-0.39, 0.29) is 5.92 Å². The van der Waals surface area contributed by atoms with E-state index in [1.54, 1.807) is 6.92 Å². The van der Waals surface area contributed by atoms with E-state index in [4.69, 9.17) is 10.8 Å². The van der Waals surface area contributed by atoms with Crippen LogP contribution in [0.2, 0.25) is 0 Å². The zero-order valence-electron chi connectivity index (χ0n) is 13.9. The second-order valence-corrected chi connectivity index (χ2v) is 6.14. The van der Waals surface area contributed by atoms with E-state index >= 15 is 0 Å². The molecule has 2 aromatic rings. The summed E-state index contributed by atoms with van der Waals surface area (Å²) in [6.45, 7) is 5.78. The molecule has 0 aliphatic carbocycles. The van der Waals surface area contributed by atoms with Gasteiger partial charge in [-0.25, -0.2) is 0 Å². The summed E-state index contributed by atoms with van der Waals surface area (Å²) in [7, 11) is 0. The van der Waals surface area contributed by atoms with Crippen LogP contribution in [0.3, 0.4) is 0 Å². The molecule has 23 heavy (non-hydrogen) atoms. The SMILES string of the molecule is Cc1cc(C)c(N)c(Nc2ccc(CCC(C)C(=O)O)cc2)c1. The molecule has 0 radical (unpaired) electrons. The molecule has 2 rings (SSSR count). The van der Waals surface area contributed by atoms with Crippen LogP contribution in [0.4, 0.5) is 17.1 Å². The summed E-state index contributed by atoms with van der Waals surface area (Å²) in [5.74, 6) is -1.06. The first kappa shape index (κ1) is 16.9. The number of hydrogen-bond acceptors (Lipinski definition) is 3. The highest BCUT2D eigenvalue weighted by atomic mass is 16.4. The smallest absolute Gasteiger partial charge is 0.306 e. The van der Waals surface area contributed by atoms with Crippen LogP contribution in [-0.4, -0.2) is 11.1 Å². The molecule has 0 saturated carbocycles. The number of benzene rings is 2. The van der Waals surface area contributed by atoms with Gasteiger partial charge < -0.3 is 16.2 Å². The number of carboxylic acids is 1. The molecular weight excluding hydrogens is 288 g/mol. The quantitative estimate of drug-likeness (QED) is 0.696. The van der Waals surface area contributed by atoms with Crippen molar-refractivity contribution in [2.24, 2.45) is 5.92 Å². The van der Waals surface area contributed by atoms with E-state index in [2.05, 4.69) is 11.4 Å². The van der Waals surface area contributed by atoms with E-state index in [9.17, 15) is 4.79 Å². The monoisotopic (exact) mass is 312 g/mol. The van der Waals surface area contributed by atoms with Crippen LogP contribution in [0.15, 0.2) is 36.4 Å². The number of aliphatic carboxylic acids is 1. The highest BCUT2D eigenvalue weighted by Gasteiger charge is 2.10. The first-order chi connectivity index (χ1) is 10.9. The maximum absolute atomic E-state index is 10.8. The maximum atomic E-state index is 10.8. The van der Waals surface area contributed by atoms with Crippen molar-refractivity contribution in [3.8, 4) is 0 Å². The molecule has 0 fully saturated rings. The zero-order chi connectivity index (χ0) is 17.0. The number of hydrogen-bond donors (Lipinski definition) is 3. The Balaban J connectivity index is 2.04. The summed E-state index contributed by atoms with van der Waals surface area (Å²) < 4.78 is 0. The third kappa shape index (κ3) is 4.49. The predicted octanol–water partition coefficient (Wildman–Crippen LogP) is 4.28. The minimum atomic E-state index is -0.742. The number of carbonyl (C=O) groups is 1. The third-order valence-corrected chi connectivity index (χ3v) is 4.05. The highest BCUT2D eigenvalue weighted by molar-refractivity contribution is 5.76. The summed E-state index contributed by atoms with van der Waals surface area (Å²) in [5.41, 5.74) is 12.1. The van der Waals surface area contributed by atoms with Crippen LogP contribution in [-0.2, 0) is 11.2 Å². The lowest BCUT2D eigenvalue weighted by Crippen LogP contribution is -2.10. The lowest BCUT2D eigenvalue weighted by atomic mass is 10.0. The molecule has 2 aromatic carbocycles. The number of nitrogens with one attached hydrogen (secondary N) is 1. The van der Waals surface area contributed by atoms with Crippen molar-refractivity contribution >= 4 is 23.0 Å². The van der Waals surface area contributed by atoms with Crippen LogP contribution in [0.25, 0.3) is 0 Å². The number of aryl methyl sites for hydroxylation is 3. The summed E-state index contributed by atoms with van der Waals surface area (Å²) in [5, 5.41) is 12.3. The van der Waals surface area contributed by atoms with Gasteiger partial charge in [-0.15, -0.1) is 0 Å². The first-order valence-electron chi connectivity index (χ1n) is 7.82. The maximum Gasteiger partial charge on any atom is 0.306 e. The van der Waals surface area contributed by atoms with Gasteiger partial charge in [0.1, 0.15) is 0 Å². The second-order valence-electron chi connectivity index (χ2n) is 6.14. The molecule has 4 N–H and O–H groups in total. The Morgan fingerprint density at radius 2 is 1.87 bits per heavy atom. The second kappa shape index (κ2) is 7.18. The minimum absolute atomic E-state index is 0.317. The average molecular weight is 312 g/mol. The lowest BCUT2D eigenvalue weighted by molar-refractivity contribution is -0.141. The van der Waals surface area contributed by atoms with E-state index in [1.807, 2.05) is 44.2 Å². The Hall–Kier alpha value is -2.49. The van der Waals surface area contributed by atoms with Gasteiger partial charge in [-0.3, -0.25) is 4.79 Å². The Morgan fingerprint density at radius 1 is 1.22 bits per heavy atom. The Bertz CT molecular complexity index is 693. The fourth-order valence-electron chi connectivity index (χ4n) is 2.50. The molecule has 0 aliphatic rings. The van der Waals surface area contributed by atoms with Gasteiger partial charge in [0.05, 0.1) is 17.3 Å². The van der Waals surface area contributed by atoms with E-state index in [0.29, 0.717) is 6.42 Å². The van der Waals surface area contributed by atoms with Gasteiger partial charge in [-0.2, -0.15) is 0 Å². The van der Waals surface area contributed by atoms with Gasteiger partial charge in [0, 0.05) is 5.69 Å². The molecule has 0 saturated heterocycles. The molecule has 0 heterocycles. The number of rotatable bonds is 6. The van der Waals surface area contributed by atoms with E-state index in [1.165, 1.54) is 5.56 Å². The van der Waals surface area contributed by atoms with Crippen molar-refractivity contribution in [3.05, 3.63) is 53.1 Å². The standard InChI is InChI=1S/C19H24N2O2/c1-12-10-14(3)18(20)17(11-12)21-16-8-6-15(7-9-16)5-4-13(2)19(22)23/h6-11,13,21H,4-5,20H2,1-3H3,(H,22,23). The third-order valence-electron chi connectivity index (χ3n) is 4.05. The molecular formula is C19H24N2O2. The average Bonchev–Trinajstić information content (AvgIpc) is 2.51. The molecule has 4 heteroatoms. The van der Waals surface area contributed by atoms with Crippen LogP contribution >= 0.6 is 0 Å². The van der Waals surface area contributed by atoms with Crippen LogP contribution < -0.4 is 11.1 Å². The first-order valence-corrected chi connectivity index (χ1v) is 7.82. The molecule has 4 nitrogen and oxygen atoms in total.